The average Bonchev–Trinajstić information content (AvgIpc) is 2.59. The monoisotopic (exact) mass is 409 g/mol. The van der Waals surface area contributed by atoms with Crippen LogP contribution in [0.5, 0.6) is 0 Å². The Morgan fingerprint density at radius 3 is 2.28 bits per heavy atom. The molecule has 0 heterocycles. The molecule has 1 aromatic carbocycles. The normalized spacial score (nSPS) is 31.4. The van der Waals surface area contributed by atoms with Crippen molar-refractivity contribution in [3.8, 4) is 0 Å². The number of nitrogens with one attached hydrogen (secondary N) is 1. The number of carbonyl (C=O) groups excluding carboxylic acids is 2. The van der Waals surface area contributed by atoms with Gasteiger partial charge in [-0.05, 0) is 74.8 Å². The summed E-state index contributed by atoms with van der Waals surface area (Å²) in [5.41, 5.74) is -0.776. The molecule has 0 saturated heterocycles. The lowest BCUT2D eigenvalue weighted by atomic mass is 9.53. The van der Waals surface area contributed by atoms with Crippen LogP contribution in [0.2, 0.25) is 0 Å². The number of carbonyl (C=O) groups is 2. The first-order valence-electron chi connectivity index (χ1n) is 10.3. The first-order valence-corrected chi connectivity index (χ1v) is 10.3. The number of ether oxygens (including phenoxy) is 1. The molecule has 4 bridgehead atoms. The Kier molecular flexibility index (Phi) is 5.11. The Morgan fingerprint density at radius 2 is 1.72 bits per heavy atom. The van der Waals surface area contributed by atoms with E-state index >= 15 is 0 Å². The maximum atomic E-state index is 12.8. The molecule has 1 aromatic rings. The fraction of sp³-hybridized carbons (Fsp3) is 0.636. The standard InChI is InChI=1S/C22H26F3NO3/c1-13(29-19(27)9-14-3-2-4-18(8-14)22(23,24)25)20(28)26-21-10-15-5-16(11-21)7-17(6-15)12-21/h2-4,8,13,15-17H,5-7,9-12H2,1H3,(H,26,28)/t13-,15?,16?,17?,21?/m1/s1. The number of hydrogen-bond acceptors (Lipinski definition) is 3. The molecule has 0 spiro atoms. The third-order valence-electron chi connectivity index (χ3n) is 6.71. The Hall–Kier alpha value is -2.05. The van der Waals surface area contributed by atoms with Crippen molar-refractivity contribution in [3.05, 3.63) is 35.4 Å². The van der Waals surface area contributed by atoms with Crippen LogP contribution < -0.4 is 5.32 Å². The predicted octanol–water partition coefficient (Wildman–Crippen LogP) is 4.26. The summed E-state index contributed by atoms with van der Waals surface area (Å²) >= 11 is 0. The van der Waals surface area contributed by atoms with Gasteiger partial charge < -0.3 is 10.1 Å². The third kappa shape index (κ3) is 4.43. The number of alkyl halides is 3. The van der Waals surface area contributed by atoms with E-state index in [2.05, 4.69) is 5.32 Å². The van der Waals surface area contributed by atoms with Crippen molar-refractivity contribution < 1.29 is 27.5 Å². The number of esters is 1. The molecule has 1 amide bonds. The molecular formula is C22H26F3NO3. The molecule has 0 aromatic heterocycles. The predicted molar refractivity (Wildman–Crippen MR) is 99.7 cm³/mol. The zero-order valence-electron chi connectivity index (χ0n) is 16.4. The molecule has 158 valence electrons. The Bertz CT molecular complexity index is 769. The highest BCUT2D eigenvalue weighted by Crippen LogP contribution is 2.55. The molecule has 4 fully saturated rings. The van der Waals surface area contributed by atoms with Crippen LogP contribution in [-0.2, 0) is 26.9 Å². The quantitative estimate of drug-likeness (QED) is 0.740. The lowest BCUT2D eigenvalue weighted by Gasteiger charge is -2.57. The van der Waals surface area contributed by atoms with Gasteiger partial charge in [0, 0.05) is 5.54 Å². The molecule has 5 rings (SSSR count). The Labute approximate surface area is 168 Å². The van der Waals surface area contributed by atoms with Crippen molar-refractivity contribution in [2.75, 3.05) is 0 Å². The zero-order chi connectivity index (χ0) is 20.8. The molecular weight excluding hydrogens is 383 g/mol. The molecule has 4 aliphatic rings. The van der Waals surface area contributed by atoms with E-state index in [0.29, 0.717) is 17.8 Å². The van der Waals surface area contributed by atoms with Crippen molar-refractivity contribution >= 4 is 11.9 Å². The smallest absolute Gasteiger partial charge is 0.416 e. The van der Waals surface area contributed by atoms with E-state index in [1.54, 1.807) is 0 Å². The van der Waals surface area contributed by atoms with E-state index in [1.165, 1.54) is 38.3 Å². The van der Waals surface area contributed by atoms with Crippen LogP contribution in [0, 0.1) is 17.8 Å². The zero-order valence-corrected chi connectivity index (χ0v) is 16.4. The minimum absolute atomic E-state index is 0.173. The maximum Gasteiger partial charge on any atom is 0.416 e. The van der Waals surface area contributed by atoms with Gasteiger partial charge in [-0.1, -0.05) is 18.2 Å². The summed E-state index contributed by atoms with van der Waals surface area (Å²) < 4.78 is 43.6. The van der Waals surface area contributed by atoms with Gasteiger partial charge in [0.2, 0.25) is 0 Å². The molecule has 0 unspecified atom stereocenters. The average molecular weight is 409 g/mol. The van der Waals surface area contributed by atoms with Gasteiger partial charge in [0.15, 0.2) is 6.10 Å². The minimum Gasteiger partial charge on any atom is -0.452 e. The third-order valence-corrected chi connectivity index (χ3v) is 6.71. The topological polar surface area (TPSA) is 55.4 Å². The first-order chi connectivity index (χ1) is 13.6. The summed E-state index contributed by atoms with van der Waals surface area (Å²) in [6.07, 6.45) is 1.02. The van der Waals surface area contributed by atoms with E-state index in [-0.39, 0.29) is 23.4 Å². The van der Waals surface area contributed by atoms with Crippen LogP contribution in [-0.4, -0.2) is 23.5 Å². The second-order valence-corrected chi connectivity index (χ2v) is 9.19. The van der Waals surface area contributed by atoms with E-state index < -0.39 is 23.8 Å². The molecule has 1 atom stereocenters. The SMILES string of the molecule is C[C@@H](OC(=O)Cc1cccc(C(F)(F)F)c1)C(=O)NC12CC3CC(CC(C3)C1)C2. The lowest BCUT2D eigenvalue weighted by molar-refractivity contribution is -0.156. The van der Waals surface area contributed by atoms with Gasteiger partial charge in [0.1, 0.15) is 0 Å². The highest BCUT2D eigenvalue weighted by Gasteiger charge is 2.51. The van der Waals surface area contributed by atoms with Crippen molar-refractivity contribution in [2.24, 2.45) is 17.8 Å². The van der Waals surface area contributed by atoms with Gasteiger partial charge in [-0.2, -0.15) is 13.2 Å². The molecule has 4 saturated carbocycles. The summed E-state index contributed by atoms with van der Waals surface area (Å²) in [6.45, 7) is 1.51. The van der Waals surface area contributed by atoms with Crippen molar-refractivity contribution in [2.45, 2.75) is 69.7 Å². The van der Waals surface area contributed by atoms with Gasteiger partial charge in [0.25, 0.3) is 5.91 Å². The number of hydrogen-bond donors (Lipinski definition) is 1. The van der Waals surface area contributed by atoms with Gasteiger partial charge >= 0.3 is 12.1 Å². The molecule has 0 aliphatic heterocycles. The highest BCUT2D eigenvalue weighted by atomic mass is 19.4. The summed E-state index contributed by atoms with van der Waals surface area (Å²) in [7, 11) is 0. The Morgan fingerprint density at radius 1 is 1.14 bits per heavy atom. The van der Waals surface area contributed by atoms with Crippen LogP contribution in [0.1, 0.15) is 56.6 Å². The molecule has 0 radical (unpaired) electrons. The maximum absolute atomic E-state index is 12.8. The fourth-order valence-electron chi connectivity index (χ4n) is 5.94. The second kappa shape index (κ2) is 7.33. The largest absolute Gasteiger partial charge is 0.452 e. The van der Waals surface area contributed by atoms with Gasteiger partial charge in [-0.3, -0.25) is 9.59 Å². The van der Waals surface area contributed by atoms with Gasteiger partial charge in [-0.15, -0.1) is 0 Å². The fourth-order valence-corrected chi connectivity index (χ4v) is 5.94. The van der Waals surface area contributed by atoms with Crippen molar-refractivity contribution in [1.82, 2.24) is 5.32 Å². The minimum atomic E-state index is -4.47. The van der Waals surface area contributed by atoms with Crippen LogP contribution in [0.4, 0.5) is 13.2 Å². The molecule has 4 nitrogen and oxygen atoms in total. The van der Waals surface area contributed by atoms with E-state index in [9.17, 15) is 22.8 Å². The number of halogens is 3. The van der Waals surface area contributed by atoms with Crippen LogP contribution in [0.25, 0.3) is 0 Å². The summed E-state index contributed by atoms with van der Waals surface area (Å²) in [6, 6.07) is 4.59. The van der Waals surface area contributed by atoms with E-state index in [4.69, 9.17) is 4.74 Å². The first kappa shape index (κ1) is 20.2. The lowest BCUT2D eigenvalue weighted by Crippen LogP contribution is -2.61. The van der Waals surface area contributed by atoms with Gasteiger partial charge in [0.05, 0.1) is 12.0 Å². The molecule has 7 heteroatoms. The number of rotatable bonds is 5. The molecule has 4 aliphatic carbocycles. The second-order valence-electron chi connectivity index (χ2n) is 9.19. The number of amides is 1. The summed E-state index contributed by atoms with van der Waals surface area (Å²) in [4.78, 5) is 24.8. The Balaban J connectivity index is 1.33. The summed E-state index contributed by atoms with van der Waals surface area (Å²) in [5, 5.41) is 3.16. The number of benzene rings is 1. The highest BCUT2D eigenvalue weighted by molar-refractivity contribution is 5.84. The molecule has 1 N–H and O–H groups in total. The van der Waals surface area contributed by atoms with Gasteiger partial charge in [-0.25, -0.2) is 0 Å². The van der Waals surface area contributed by atoms with Crippen LogP contribution >= 0.6 is 0 Å². The van der Waals surface area contributed by atoms with E-state index in [0.717, 1.165) is 31.4 Å². The van der Waals surface area contributed by atoms with Crippen LogP contribution in [0.3, 0.4) is 0 Å². The van der Waals surface area contributed by atoms with Crippen LogP contribution in [0.15, 0.2) is 24.3 Å². The van der Waals surface area contributed by atoms with Crippen molar-refractivity contribution in [1.29, 1.82) is 0 Å². The molecule has 29 heavy (non-hydrogen) atoms. The van der Waals surface area contributed by atoms with E-state index in [1.807, 2.05) is 0 Å². The summed E-state index contributed by atoms with van der Waals surface area (Å²) in [5.74, 6) is 1.02. The van der Waals surface area contributed by atoms with Crippen molar-refractivity contribution in [3.63, 3.8) is 0 Å².